The van der Waals surface area contributed by atoms with Crippen molar-refractivity contribution in [1.29, 1.82) is 0 Å². The standard InChI is InChI=1S/C13H17FN2O/c1-9-4-5-12(14)11(7-9)13(17)16-6-2-3-10(16)8-15/h4-5,7,10H,2-3,6,8,15H2,1H3. The molecule has 2 rings (SSSR count). The van der Waals surface area contributed by atoms with Crippen molar-refractivity contribution in [2.24, 2.45) is 5.73 Å². The largest absolute Gasteiger partial charge is 0.334 e. The molecule has 1 aliphatic rings. The normalized spacial score (nSPS) is 19.7. The van der Waals surface area contributed by atoms with Crippen LogP contribution in [0.4, 0.5) is 4.39 Å². The van der Waals surface area contributed by atoms with Crippen molar-refractivity contribution >= 4 is 5.91 Å². The fraction of sp³-hybridized carbons (Fsp3) is 0.462. The maximum atomic E-state index is 13.6. The van der Waals surface area contributed by atoms with Crippen molar-refractivity contribution in [2.45, 2.75) is 25.8 Å². The van der Waals surface area contributed by atoms with Crippen LogP contribution in [0.15, 0.2) is 18.2 Å². The van der Waals surface area contributed by atoms with Gasteiger partial charge in [-0.25, -0.2) is 4.39 Å². The number of benzene rings is 1. The molecule has 1 atom stereocenters. The number of carbonyl (C=O) groups excluding carboxylic acids is 1. The fourth-order valence-corrected chi connectivity index (χ4v) is 2.31. The average molecular weight is 236 g/mol. The molecule has 2 N–H and O–H groups in total. The van der Waals surface area contributed by atoms with Gasteiger partial charge in [-0.1, -0.05) is 11.6 Å². The van der Waals surface area contributed by atoms with Gasteiger partial charge in [0.2, 0.25) is 0 Å². The predicted molar refractivity (Wildman–Crippen MR) is 64.2 cm³/mol. The summed E-state index contributed by atoms with van der Waals surface area (Å²) < 4.78 is 13.6. The monoisotopic (exact) mass is 236 g/mol. The molecule has 0 radical (unpaired) electrons. The first-order valence-electron chi connectivity index (χ1n) is 5.90. The molecule has 17 heavy (non-hydrogen) atoms. The van der Waals surface area contributed by atoms with Crippen LogP contribution in [-0.2, 0) is 0 Å². The van der Waals surface area contributed by atoms with E-state index in [1.807, 2.05) is 6.92 Å². The van der Waals surface area contributed by atoms with E-state index in [1.54, 1.807) is 17.0 Å². The van der Waals surface area contributed by atoms with Gasteiger partial charge < -0.3 is 10.6 Å². The number of likely N-dealkylation sites (tertiary alicyclic amines) is 1. The molecule has 0 saturated carbocycles. The summed E-state index contributed by atoms with van der Waals surface area (Å²) in [6, 6.07) is 4.67. The van der Waals surface area contributed by atoms with E-state index >= 15 is 0 Å². The van der Waals surface area contributed by atoms with Crippen LogP contribution < -0.4 is 5.73 Å². The van der Waals surface area contributed by atoms with Crippen LogP contribution in [0.5, 0.6) is 0 Å². The second-order valence-electron chi connectivity index (χ2n) is 4.51. The van der Waals surface area contributed by atoms with Crippen LogP contribution in [0.2, 0.25) is 0 Å². The van der Waals surface area contributed by atoms with Gasteiger partial charge in [0.05, 0.1) is 5.56 Å². The molecule has 1 aromatic carbocycles. The van der Waals surface area contributed by atoms with E-state index in [9.17, 15) is 9.18 Å². The van der Waals surface area contributed by atoms with E-state index in [0.29, 0.717) is 13.1 Å². The molecule has 1 saturated heterocycles. The van der Waals surface area contributed by atoms with Gasteiger partial charge in [0.1, 0.15) is 5.82 Å². The van der Waals surface area contributed by atoms with Crippen molar-refractivity contribution < 1.29 is 9.18 Å². The number of hydrogen-bond acceptors (Lipinski definition) is 2. The zero-order chi connectivity index (χ0) is 12.4. The quantitative estimate of drug-likeness (QED) is 0.849. The van der Waals surface area contributed by atoms with Crippen LogP contribution >= 0.6 is 0 Å². The first-order valence-corrected chi connectivity index (χ1v) is 5.90. The highest BCUT2D eigenvalue weighted by Gasteiger charge is 2.29. The van der Waals surface area contributed by atoms with E-state index in [0.717, 1.165) is 18.4 Å². The lowest BCUT2D eigenvalue weighted by molar-refractivity contribution is 0.0736. The Morgan fingerprint density at radius 2 is 2.35 bits per heavy atom. The molecule has 1 aromatic rings. The number of aryl methyl sites for hydroxylation is 1. The Balaban J connectivity index is 2.27. The summed E-state index contributed by atoms with van der Waals surface area (Å²) >= 11 is 0. The zero-order valence-electron chi connectivity index (χ0n) is 9.95. The van der Waals surface area contributed by atoms with Gasteiger partial charge in [-0.05, 0) is 31.9 Å². The fourth-order valence-electron chi connectivity index (χ4n) is 2.31. The van der Waals surface area contributed by atoms with Gasteiger partial charge in [-0.3, -0.25) is 4.79 Å². The van der Waals surface area contributed by atoms with Crippen molar-refractivity contribution in [1.82, 2.24) is 4.90 Å². The zero-order valence-corrected chi connectivity index (χ0v) is 9.95. The number of amides is 1. The predicted octanol–water partition coefficient (Wildman–Crippen LogP) is 1.70. The van der Waals surface area contributed by atoms with Crippen molar-refractivity contribution in [3.8, 4) is 0 Å². The summed E-state index contributed by atoms with van der Waals surface area (Å²) in [4.78, 5) is 13.9. The lowest BCUT2D eigenvalue weighted by Crippen LogP contribution is -2.40. The summed E-state index contributed by atoms with van der Waals surface area (Å²) in [7, 11) is 0. The van der Waals surface area contributed by atoms with Crippen molar-refractivity contribution in [3.63, 3.8) is 0 Å². The number of rotatable bonds is 2. The van der Waals surface area contributed by atoms with Gasteiger partial charge in [0.15, 0.2) is 0 Å². The summed E-state index contributed by atoms with van der Waals surface area (Å²) in [6.45, 7) is 2.97. The van der Waals surface area contributed by atoms with Crippen LogP contribution in [0.3, 0.4) is 0 Å². The lowest BCUT2D eigenvalue weighted by atomic mass is 10.1. The Morgan fingerprint density at radius 3 is 3.06 bits per heavy atom. The van der Waals surface area contributed by atoms with Gasteiger partial charge in [-0.15, -0.1) is 0 Å². The molecule has 1 aliphatic heterocycles. The van der Waals surface area contributed by atoms with Gasteiger partial charge in [0.25, 0.3) is 5.91 Å². The van der Waals surface area contributed by atoms with E-state index < -0.39 is 5.82 Å². The molecular weight excluding hydrogens is 219 g/mol. The minimum atomic E-state index is -0.455. The van der Waals surface area contributed by atoms with Crippen LogP contribution in [-0.4, -0.2) is 29.9 Å². The van der Waals surface area contributed by atoms with Crippen LogP contribution in [0, 0.1) is 12.7 Å². The van der Waals surface area contributed by atoms with E-state index in [-0.39, 0.29) is 17.5 Å². The van der Waals surface area contributed by atoms with E-state index in [2.05, 4.69) is 0 Å². The SMILES string of the molecule is Cc1ccc(F)c(C(=O)N2CCCC2CN)c1. The van der Waals surface area contributed by atoms with Crippen LogP contribution in [0.1, 0.15) is 28.8 Å². The smallest absolute Gasteiger partial charge is 0.257 e. The number of nitrogens with two attached hydrogens (primary N) is 1. The highest BCUT2D eigenvalue weighted by atomic mass is 19.1. The third-order valence-electron chi connectivity index (χ3n) is 3.26. The molecule has 3 nitrogen and oxygen atoms in total. The summed E-state index contributed by atoms with van der Waals surface area (Å²) in [5.41, 5.74) is 6.67. The maximum absolute atomic E-state index is 13.6. The average Bonchev–Trinajstić information content (AvgIpc) is 2.79. The van der Waals surface area contributed by atoms with E-state index in [4.69, 9.17) is 5.73 Å². The topological polar surface area (TPSA) is 46.3 Å². The Hall–Kier alpha value is -1.42. The molecule has 1 unspecified atom stereocenters. The number of hydrogen-bond donors (Lipinski definition) is 1. The summed E-state index contributed by atoms with van der Waals surface area (Å²) in [5, 5.41) is 0. The number of carbonyl (C=O) groups is 1. The molecule has 0 bridgehead atoms. The minimum absolute atomic E-state index is 0.0578. The molecule has 0 aliphatic carbocycles. The highest BCUT2D eigenvalue weighted by molar-refractivity contribution is 5.95. The Morgan fingerprint density at radius 1 is 1.59 bits per heavy atom. The molecule has 4 heteroatoms. The Kier molecular flexibility index (Phi) is 3.43. The maximum Gasteiger partial charge on any atom is 0.257 e. The number of halogens is 1. The van der Waals surface area contributed by atoms with Crippen molar-refractivity contribution in [2.75, 3.05) is 13.1 Å². The molecule has 92 valence electrons. The second kappa shape index (κ2) is 4.84. The first-order chi connectivity index (χ1) is 8.13. The molecule has 0 aromatic heterocycles. The van der Waals surface area contributed by atoms with E-state index in [1.165, 1.54) is 6.07 Å². The van der Waals surface area contributed by atoms with Gasteiger partial charge >= 0.3 is 0 Å². The second-order valence-corrected chi connectivity index (χ2v) is 4.51. The third-order valence-corrected chi connectivity index (χ3v) is 3.26. The van der Waals surface area contributed by atoms with Gasteiger partial charge in [0, 0.05) is 19.1 Å². The Labute approximate surface area is 100 Å². The summed E-state index contributed by atoms with van der Waals surface area (Å²) in [6.07, 6.45) is 1.86. The summed E-state index contributed by atoms with van der Waals surface area (Å²) in [5.74, 6) is -0.692. The Bertz CT molecular complexity index is 433. The number of nitrogens with zero attached hydrogens (tertiary/aromatic N) is 1. The van der Waals surface area contributed by atoms with Gasteiger partial charge in [-0.2, -0.15) is 0 Å². The minimum Gasteiger partial charge on any atom is -0.334 e. The lowest BCUT2D eigenvalue weighted by Gasteiger charge is -2.23. The van der Waals surface area contributed by atoms with Crippen molar-refractivity contribution in [3.05, 3.63) is 35.1 Å². The highest BCUT2D eigenvalue weighted by Crippen LogP contribution is 2.21. The first kappa shape index (κ1) is 12.0. The third kappa shape index (κ3) is 2.31. The molecule has 0 spiro atoms. The molecule has 1 amide bonds. The molecule has 1 fully saturated rings. The van der Waals surface area contributed by atoms with Crippen LogP contribution in [0.25, 0.3) is 0 Å². The molecular formula is C13H17FN2O. The molecule has 1 heterocycles.